The summed E-state index contributed by atoms with van der Waals surface area (Å²) in [5, 5.41) is 0.752. The number of thioether (sulfide) groups is 1. The summed E-state index contributed by atoms with van der Waals surface area (Å²) in [5.74, 6) is 7.51. The summed E-state index contributed by atoms with van der Waals surface area (Å²) in [5.41, 5.74) is 2.95. The van der Waals surface area contributed by atoms with Crippen LogP contribution >= 0.6 is 11.8 Å². The third-order valence-corrected chi connectivity index (χ3v) is 4.36. The van der Waals surface area contributed by atoms with E-state index < -0.39 is 0 Å². The predicted octanol–water partition coefficient (Wildman–Crippen LogP) is 3.18. The van der Waals surface area contributed by atoms with Gasteiger partial charge in [-0.1, -0.05) is 40.5 Å². The monoisotopic (exact) mass is 232 g/mol. The van der Waals surface area contributed by atoms with Crippen molar-refractivity contribution in [1.29, 1.82) is 0 Å². The summed E-state index contributed by atoms with van der Waals surface area (Å²) >= 11 is 2.03. The van der Waals surface area contributed by atoms with Gasteiger partial charge in [0, 0.05) is 17.0 Å². The van der Waals surface area contributed by atoms with Crippen LogP contribution in [0.25, 0.3) is 0 Å². The Bertz CT molecular complexity index is 142. The molecule has 0 heterocycles. The molecule has 0 saturated carbocycles. The maximum atomic E-state index is 5.58. The van der Waals surface area contributed by atoms with E-state index in [9.17, 15) is 0 Å². The molecule has 0 aromatic rings. The molecule has 0 amide bonds. The first-order valence-corrected chi connectivity index (χ1v) is 7.26. The van der Waals surface area contributed by atoms with Crippen LogP contribution < -0.4 is 11.3 Å². The minimum absolute atomic E-state index is 0.477. The van der Waals surface area contributed by atoms with Crippen molar-refractivity contribution in [3.63, 3.8) is 0 Å². The summed E-state index contributed by atoms with van der Waals surface area (Å²) in [4.78, 5) is 0. The third-order valence-electron chi connectivity index (χ3n) is 2.86. The van der Waals surface area contributed by atoms with Gasteiger partial charge in [0.25, 0.3) is 0 Å². The van der Waals surface area contributed by atoms with Crippen LogP contribution in [0.15, 0.2) is 0 Å². The first kappa shape index (κ1) is 15.3. The molecule has 2 nitrogen and oxygen atoms in total. The van der Waals surface area contributed by atoms with E-state index in [4.69, 9.17) is 5.84 Å². The zero-order chi connectivity index (χ0) is 11.7. The molecule has 3 heteroatoms. The van der Waals surface area contributed by atoms with E-state index in [0.29, 0.717) is 6.04 Å². The number of hydrogen-bond donors (Lipinski definition) is 2. The average Bonchev–Trinajstić information content (AvgIpc) is 2.23. The lowest BCUT2D eigenvalue weighted by Crippen LogP contribution is -2.38. The Hall–Kier alpha value is 0.270. The molecule has 3 unspecified atom stereocenters. The fourth-order valence-corrected chi connectivity index (χ4v) is 2.71. The highest BCUT2D eigenvalue weighted by Crippen LogP contribution is 2.19. The van der Waals surface area contributed by atoms with Crippen LogP contribution in [-0.4, -0.2) is 17.0 Å². The van der Waals surface area contributed by atoms with Crippen molar-refractivity contribution >= 4 is 11.8 Å². The Morgan fingerprint density at radius 3 is 2.40 bits per heavy atom. The molecule has 0 aromatic carbocycles. The zero-order valence-electron chi connectivity index (χ0n) is 10.8. The van der Waals surface area contributed by atoms with Crippen molar-refractivity contribution in [2.45, 2.75) is 64.7 Å². The second-order valence-electron chi connectivity index (χ2n) is 4.55. The Kier molecular flexibility index (Phi) is 9.66. The van der Waals surface area contributed by atoms with Gasteiger partial charge in [-0.2, -0.15) is 11.8 Å². The molecule has 3 atom stereocenters. The van der Waals surface area contributed by atoms with Crippen molar-refractivity contribution in [3.8, 4) is 0 Å². The number of hydrogen-bond acceptors (Lipinski definition) is 3. The Labute approximate surface area is 99.7 Å². The highest BCUT2D eigenvalue weighted by molar-refractivity contribution is 7.99. The Balaban J connectivity index is 3.71. The summed E-state index contributed by atoms with van der Waals surface area (Å²) in [6.45, 7) is 9.09. The Morgan fingerprint density at radius 2 is 1.93 bits per heavy atom. The van der Waals surface area contributed by atoms with E-state index in [2.05, 4.69) is 33.1 Å². The molecule has 15 heavy (non-hydrogen) atoms. The minimum Gasteiger partial charge on any atom is -0.271 e. The summed E-state index contributed by atoms with van der Waals surface area (Å²) in [7, 11) is 0. The second-order valence-corrected chi connectivity index (χ2v) is 6.02. The van der Waals surface area contributed by atoms with Crippen molar-refractivity contribution in [1.82, 2.24) is 5.43 Å². The average molecular weight is 232 g/mol. The minimum atomic E-state index is 0.477. The van der Waals surface area contributed by atoms with E-state index in [1.165, 1.54) is 25.7 Å². The van der Waals surface area contributed by atoms with E-state index >= 15 is 0 Å². The summed E-state index contributed by atoms with van der Waals surface area (Å²) < 4.78 is 0. The van der Waals surface area contributed by atoms with Crippen molar-refractivity contribution in [2.75, 3.05) is 5.75 Å². The highest BCUT2D eigenvalue weighted by atomic mass is 32.2. The fraction of sp³-hybridized carbons (Fsp3) is 1.00. The van der Waals surface area contributed by atoms with Crippen LogP contribution in [0.5, 0.6) is 0 Å². The molecule has 92 valence electrons. The molecule has 0 aromatic heterocycles. The highest BCUT2D eigenvalue weighted by Gasteiger charge is 2.12. The van der Waals surface area contributed by atoms with Crippen LogP contribution in [-0.2, 0) is 0 Å². The van der Waals surface area contributed by atoms with Crippen molar-refractivity contribution < 1.29 is 0 Å². The van der Waals surface area contributed by atoms with Gasteiger partial charge in [-0.15, -0.1) is 0 Å². The van der Waals surface area contributed by atoms with E-state index in [-0.39, 0.29) is 0 Å². The van der Waals surface area contributed by atoms with Crippen molar-refractivity contribution in [3.05, 3.63) is 0 Å². The summed E-state index contributed by atoms with van der Waals surface area (Å²) in [6.07, 6.45) is 5.03. The predicted molar refractivity (Wildman–Crippen MR) is 72.0 cm³/mol. The van der Waals surface area contributed by atoms with Gasteiger partial charge >= 0.3 is 0 Å². The number of nitrogens with one attached hydrogen (secondary N) is 1. The van der Waals surface area contributed by atoms with Gasteiger partial charge in [0.05, 0.1) is 0 Å². The zero-order valence-corrected chi connectivity index (χ0v) is 11.6. The van der Waals surface area contributed by atoms with E-state index in [1.54, 1.807) is 0 Å². The van der Waals surface area contributed by atoms with Gasteiger partial charge < -0.3 is 0 Å². The molecule has 0 radical (unpaired) electrons. The van der Waals surface area contributed by atoms with Gasteiger partial charge in [0.2, 0.25) is 0 Å². The van der Waals surface area contributed by atoms with Crippen LogP contribution in [0, 0.1) is 5.92 Å². The van der Waals surface area contributed by atoms with Crippen molar-refractivity contribution in [2.24, 2.45) is 11.8 Å². The second kappa shape index (κ2) is 9.49. The molecule has 0 bridgehead atoms. The summed E-state index contributed by atoms with van der Waals surface area (Å²) in [6, 6.07) is 0.477. The van der Waals surface area contributed by atoms with Crippen LogP contribution in [0.2, 0.25) is 0 Å². The Morgan fingerprint density at radius 1 is 1.27 bits per heavy atom. The normalized spacial score (nSPS) is 17.4. The maximum Gasteiger partial charge on any atom is 0.0303 e. The topological polar surface area (TPSA) is 38.0 Å². The van der Waals surface area contributed by atoms with Gasteiger partial charge in [0.1, 0.15) is 0 Å². The standard InChI is InChI=1S/C12H28N2S/c1-5-7-10(3)8-12(14-13)9-15-11(4)6-2/h10-12,14H,5-9,13H2,1-4H3. The molecular formula is C12H28N2S. The molecule has 0 aliphatic rings. The van der Waals surface area contributed by atoms with Gasteiger partial charge in [-0.05, 0) is 18.8 Å². The first-order valence-electron chi connectivity index (χ1n) is 6.21. The molecule has 0 spiro atoms. The van der Waals surface area contributed by atoms with Gasteiger partial charge in [-0.3, -0.25) is 11.3 Å². The van der Waals surface area contributed by atoms with Gasteiger partial charge in [0.15, 0.2) is 0 Å². The molecule has 0 aliphatic carbocycles. The first-order chi connectivity index (χ1) is 7.13. The van der Waals surface area contributed by atoms with E-state index in [0.717, 1.165) is 16.9 Å². The van der Waals surface area contributed by atoms with Crippen LogP contribution in [0.3, 0.4) is 0 Å². The van der Waals surface area contributed by atoms with Crippen LogP contribution in [0.1, 0.15) is 53.4 Å². The lowest BCUT2D eigenvalue weighted by molar-refractivity contribution is 0.408. The number of nitrogens with two attached hydrogens (primary N) is 1. The smallest absolute Gasteiger partial charge is 0.0303 e. The molecule has 3 N–H and O–H groups in total. The maximum absolute atomic E-state index is 5.58. The molecular weight excluding hydrogens is 204 g/mol. The number of hydrazine groups is 1. The molecule has 0 rings (SSSR count). The van der Waals surface area contributed by atoms with Gasteiger partial charge in [-0.25, -0.2) is 0 Å². The molecule has 0 aliphatic heterocycles. The fourth-order valence-electron chi connectivity index (χ4n) is 1.68. The lowest BCUT2D eigenvalue weighted by atomic mass is 9.98. The SMILES string of the molecule is CCCC(C)CC(CSC(C)CC)NN. The lowest BCUT2D eigenvalue weighted by Gasteiger charge is -2.21. The molecule has 0 saturated heterocycles. The third kappa shape index (κ3) is 8.12. The van der Waals surface area contributed by atoms with E-state index in [1.807, 2.05) is 11.8 Å². The number of rotatable bonds is 9. The molecule has 0 fully saturated rings. The quantitative estimate of drug-likeness (QED) is 0.474. The van der Waals surface area contributed by atoms with Crippen LogP contribution in [0.4, 0.5) is 0 Å². The largest absolute Gasteiger partial charge is 0.271 e.